The minimum atomic E-state index is -0.427. The van der Waals surface area contributed by atoms with Gasteiger partial charge in [-0.3, -0.25) is 10.1 Å². The number of aromatic nitrogens is 1. The lowest BCUT2D eigenvalue weighted by atomic mass is 10.0. The van der Waals surface area contributed by atoms with Gasteiger partial charge in [-0.1, -0.05) is 54.6 Å². The van der Waals surface area contributed by atoms with Crippen molar-refractivity contribution in [3.8, 4) is 22.8 Å². The summed E-state index contributed by atoms with van der Waals surface area (Å²) in [4.78, 5) is 16.4. The van der Waals surface area contributed by atoms with E-state index in [1.165, 1.54) is 17.4 Å². The van der Waals surface area contributed by atoms with E-state index in [4.69, 9.17) is 14.6 Å². The second kappa shape index (κ2) is 9.36. The van der Waals surface area contributed by atoms with Gasteiger partial charge in [-0.15, -0.1) is 11.3 Å². The number of nitrogens with zero attached hydrogens (tertiary/aromatic N) is 4. The number of rotatable bonds is 5. The molecule has 0 bridgehead atoms. The van der Waals surface area contributed by atoms with Crippen LogP contribution in [0.15, 0.2) is 100 Å². The van der Waals surface area contributed by atoms with Crippen LogP contribution < -0.4 is 14.3 Å². The largest absolute Gasteiger partial charge is 0.454 e. The maximum Gasteiger partial charge on any atom is 0.294 e. The number of nitro benzene ring substituents is 1. The first kappa shape index (κ1) is 22.7. The van der Waals surface area contributed by atoms with Crippen LogP contribution in [0, 0.1) is 10.1 Å². The molecular weight excluding hydrogens is 488 g/mol. The van der Waals surface area contributed by atoms with Gasteiger partial charge in [0.25, 0.3) is 5.69 Å². The summed E-state index contributed by atoms with van der Waals surface area (Å²) >= 11 is 1.37. The molecule has 0 saturated heterocycles. The highest BCUT2D eigenvalue weighted by Crippen LogP contribution is 2.33. The Morgan fingerprint density at radius 2 is 1.76 bits per heavy atom. The molecule has 8 nitrogen and oxygen atoms in total. The van der Waals surface area contributed by atoms with Gasteiger partial charge in [-0.05, 0) is 42.0 Å². The molecule has 0 amide bonds. The van der Waals surface area contributed by atoms with E-state index in [2.05, 4.69) is 23.2 Å². The van der Waals surface area contributed by atoms with Gasteiger partial charge in [0.05, 0.1) is 16.3 Å². The third kappa shape index (κ3) is 4.25. The summed E-state index contributed by atoms with van der Waals surface area (Å²) in [7, 11) is 0. The Labute approximate surface area is 215 Å². The lowest BCUT2D eigenvalue weighted by Crippen LogP contribution is -2.14. The fourth-order valence-electron chi connectivity index (χ4n) is 4.25. The van der Waals surface area contributed by atoms with E-state index >= 15 is 0 Å². The fraction of sp³-hybridized carbons (Fsp3) is 0.0714. The minimum absolute atomic E-state index is 0.0642. The van der Waals surface area contributed by atoms with Crippen LogP contribution in [0.1, 0.15) is 12.5 Å². The van der Waals surface area contributed by atoms with Gasteiger partial charge in [0.15, 0.2) is 11.5 Å². The maximum atomic E-state index is 11.6. The van der Waals surface area contributed by atoms with Crippen molar-refractivity contribution in [2.45, 2.75) is 6.92 Å². The molecule has 9 heteroatoms. The maximum absolute atomic E-state index is 11.6. The van der Waals surface area contributed by atoms with Gasteiger partial charge in [-0.25, -0.2) is 9.67 Å². The molecule has 2 heterocycles. The molecule has 1 aromatic heterocycles. The predicted octanol–water partition coefficient (Wildman–Crippen LogP) is 6.51. The second-order valence-electron chi connectivity index (χ2n) is 8.35. The molecule has 4 aromatic carbocycles. The topological polar surface area (TPSA) is 91.2 Å². The molecule has 0 saturated carbocycles. The number of hydrogen-bond donors (Lipinski definition) is 0. The molecule has 37 heavy (non-hydrogen) atoms. The summed E-state index contributed by atoms with van der Waals surface area (Å²) in [6.07, 6.45) is 0. The molecule has 6 rings (SSSR count). The monoisotopic (exact) mass is 508 g/mol. The Balaban J connectivity index is 1.58. The molecule has 0 unspecified atom stereocenters. The van der Waals surface area contributed by atoms with Gasteiger partial charge < -0.3 is 9.47 Å². The summed E-state index contributed by atoms with van der Waals surface area (Å²) < 4.78 is 12.7. The summed E-state index contributed by atoms with van der Waals surface area (Å²) in [5, 5.41) is 20.7. The molecule has 0 fully saturated rings. The highest BCUT2D eigenvalue weighted by atomic mass is 32.1. The average molecular weight is 509 g/mol. The zero-order valence-corrected chi connectivity index (χ0v) is 20.5. The number of para-hydroxylation sites is 2. The minimum Gasteiger partial charge on any atom is -0.454 e. The van der Waals surface area contributed by atoms with Gasteiger partial charge >= 0.3 is 0 Å². The molecule has 0 atom stereocenters. The lowest BCUT2D eigenvalue weighted by Gasteiger charge is -2.09. The van der Waals surface area contributed by atoms with Crippen LogP contribution >= 0.6 is 11.3 Å². The van der Waals surface area contributed by atoms with Crippen LogP contribution in [0.3, 0.4) is 0 Å². The average Bonchev–Trinajstić information content (AvgIpc) is 3.55. The number of benzene rings is 4. The van der Waals surface area contributed by atoms with Crippen molar-refractivity contribution in [1.29, 1.82) is 0 Å². The first-order chi connectivity index (χ1) is 18.1. The van der Waals surface area contributed by atoms with Crippen molar-refractivity contribution in [2.24, 2.45) is 10.1 Å². The molecule has 1 aliphatic rings. The van der Waals surface area contributed by atoms with Crippen molar-refractivity contribution >= 4 is 39.2 Å². The third-order valence-electron chi connectivity index (χ3n) is 6.09. The Morgan fingerprint density at radius 1 is 0.973 bits per heavy atom. The zero-order valence-electron chi connectivity index (χ0n) is 19.7. The van der Waals surface area contributed by atoms with E-state index in [1.54, 1.807) is 22.9 Å². The van der Waals surface area contributed by atoms with Crippen molar-refractivity contribution in [2.75, 3.05) is 6.79 Å². The molecule has 0 radical (unpaired) electrons. The van der Waals surface area contributed by atoms with Gasteiger partial charge in [0, 0.05) is 22.6 Å². The first-order valence-corrected chi connectivity index (χ1v) is 12.4. The first-order valence-electron chi connectivity index (χ1n) is 11.5. The van der Waals surface area contributed by atoms with Gasteiger partial charge in [0.1, 0.15) is 5.69 Å². The zero-order chi connectivity index (χ0) is 25.4. The Bertz CT molecular complexity index is 1760. The van der Waals surface area contributed by atoms with Crippen LogP contribution in [-0.4, -0.2) is 22.1 Å². The number of nitro groups is 1. The standard InChI is InChI=1S/C28H20N4O4S/c1-18(20-13-14-26-27(15-20)36-17-35-26)30-31-25(22-10-6-8-19-7-2-3-9-21(19)22)16-37-28(31)29-23-11-4-5-12-24(23)32(33)34/h2-16H,17H2,1H3. The normalized spacial score (nSPS) is 13.3. The molecule has 0 spiro atoms. The quantitative estimate of drug-likeness (QED) is 0.154. The van der Waals surface area contributed by atoms with Crippen LogP contribution in [-0.2, 0) is 0 Å². The van der Waals surface area contributed by atoms with Crippen LogP contribution in [0.4, 0.5) is 11.4 Å². The van der Waals surface area contributed by atoms with Crippen LogP contribution in [0.2, 0.25) is 0 Å². The second-order valence-corrected chi connectivity index (χ2v) is 9.19. The van der Waals surface area contributed by atoms with E-state index < -0.39 is 4.92 Å². The molecule has 5 aromatic rings. The number of hydrogen-bond acceptors (Lipinski definition) is 7. The Kier molecular flexibility index (Phi) is 5.74. The highest BCUT2D eigenvalue weighted by Gasteiger charge is 2.17. The summed E-state index contributed by atoms with van der Waals surface area (Å²) in [6.45, 7) is 2.10. The summed E-state index contributed by atoms with van der Waals surface area (Å²) in [6, 6.07) is 26.4. The fourth-order valence-corrected chi connectivity index (χ4v) is 5.09. The molecule has 182 valence electrons. The number of thiazole rings is 1. The van der Waals surface area contributed by atoms with E-state index in [-0.39, 0.29) is 18.2 Å². The van der Waals surface area contributed by atoms with E-state index in [0.29, 0.717) is 16.3 Å². The van der Waals surface area contributed by atoms with E-state index in [0.717, 1.165) is 33.3 Å². The SMILES string of the molecule is CC(=Nn1c(-c2cccc3ccccc23)csc1=Nc1ccccc1[N+](=O)[O-])c1ccc2c(c1)OCO2. The number of ether oxygens (including phenoxy) is 2. The summed E-state index contributed by atoms with van der Waals surface area (Å²) in [5.41, 5.74) is 3.61. The smallest absolute Gasteiger partial charge is 0.294 e. The van der Waals surface area contributed by atoms with E-state index in [9.17, 15) is 10.1 Å². The molecule has 0 aliphatic carbocycles. The highest BCUT2D eigenvalue weighted by molar-refractivity contribution is 7.07. The number of fused-ring (bicyclic) bond motifs is 2. The van der Waals surface area contributed by atoms with Crippen molar-refractivity contribution in [3.63, 3.8) is 0 Å². The predicted molar refractivity (Wildman–Crippen MR) is 144 cm³/mol. The third-order valence-corrected chi connectivity index (χ3v) is 6.90. The van der Waals surface area contributed by atoms with Crippen LogP contribution in [0.5, 0.6) is 11.5 Å². The molecule has 1 aliphatic heterocycles. The molecule has 0 N–H and O–H groups in total. The van der Waals surface area contributed by atoms with Gasteiger partial charge in [-0.2, -0.15) is 5.10 Å². The van der Waals surface area contributed by atoms with Gasteiger partial charge in [0.2, 0.25) is 11.6 Å². The van der Waals surface area contributed by atoms with Crippen molar-refractivity contribution < 1.29 is 14.4 Å². The lowest BCUT2D eigenvalue weighted by molar-refractivity contribution is -0.384. The summed E-state index contributed by atoms with van der Waals surface area (Å²) in [5.74, 6) is 1.37. The molecular formula is C28H20N4O4S. The van der Waals surface area contributed by atoms with Crippen LogP contribution in [0.25, 0.3) is 22.0 Å². The Morgan fingerprint density at radius 3 is 2.65 bits per heavy atom. The Hall–Kier alpha value is -4.76. The van der Waals surface area contributed by atoms with E-state index in [1.807, 2.05) is 54.8 Å². The van der Waals surface area contributed by atoms with Crippen molar-refractivity contribution in [1.82, 2.24) is 4.68 Å². The van der Waals surface area contributed by atoms with Crippen molar-refractivity contribution in [3.05, 3.63) is 111 Å².